The van der Waals surface area contributed by atoms with E-state index in [4.69, 9.17) is 5.11 Å². The highest BCUT2D eigenvalue weighted by atomic mass is 16.4. The Morgan fingerprint density at radius 1 is 1.16 bits per heavy atom. The summed E-state index contributed by atoms with van der Waals surface area (Å²) in [5, 5.41) is 12.6. The maximum atomic E-state index is 10.9. The van der Waals surface area contributed by atoms with Gasteiger partial charge in [0, 0.05) is 6.54 Å². The molecule has 0 aromatic carbocycles. The lowest BCUT2D eigenvalue weighted by atomic mass is 9.67. The van der Waals surface area contributed by atoms with E-state index in [1.165, 1.54) is 19.3 Å². The second kappa shape index (κ2) is 6.25. The zero-order valence-electron chi connectivity index (χ0n) is 12.5. The molecular weight excluding hydrogens is 238 g/mol. The van der Waals surface area contributed by atoms with Crippen molar-refractivity contribution in [2.24, 2.45) is 23.2 Å². The van der Waals surface area contributed by atoms with Crippen molar-refractivity contribution in [3.05, 3.63) is 0 Å². The first-order valence-corrected chi connectivity index (χ1v) is 7.92. The van der Waals surface area contributed by atoms with Crippen LogP contribution in [-0.2, 0) is 4.79 Å². The van der Waals surface area contributed by atoms with Crippen molar-refractivity contribution < 1.29 is 9.90 Å². The molecule has 0 heterocycles. The summed E-state index contributed by atoms with van der Waals surface area (Å²) in [6, 6.07) is 0. The Labute approximate surface area is 117 Å². The van der Waals surface area contributed by atoms with Crippen LogP contribution in [0.1, 0.15) is 58.8 Å². The smallest absolute Gasteiger partial charge is 0.306 e. The minimum atomic E-state index is -0.600. The molecule has 0 amide bonds. The Bertz CT molecular complexity index is 302. The van der Waals surface area contributed by atoms with Gasteiger partial charge < -0.3 is 10.4 Å². The van der Waals surface area contributed by atoms with E-state index in [1.807, 2.05) is 0 Å². The Balaban J connectivity index is 1.62. The van der Waals surface area contributed by atoms with Crippen molar-refractivity contribution in [1.29, 1.82) is 0 Å². The number of hydrogen-bond donors (Lipinski definition) is 2. The van der Waals surface area contributed by atoms with Crippen LogP contribution in [-0.4, -0.2) is 24.2 Å². The van der Waals surface area contributed by atoms with Gasteiger partial charge in [0.1, 0.15) is 0 Å². The third-order valence-corrected chi connectivity index (χ3v) is 5.42. The Kier molecular flexibility index (Phi) is 4.88. The number of carboxylic acids is 1. The third kappa shape index (κ3) is 3.95. The van der Waals surface area contributed by atoms with Gasteiger partial charge in [-0.2, -0.15) is 0 Å². The molecule has 2 saturated carbocycles. The molecule has 0 spiro atoms. The lowest BCUT2D eigenvalue weighted by Gasteiger charge is -2.41. The maximum Gasteiger partial charge on any atom is 0.306 e. The van der Waals surface area contributed by atoms with Gasteiger partial charge in [0.05, 0.1) is 5.92 Å². The van der Waals surface area contributed by atoms with Crippen LogP contribution < -0.4 is 5.32 Å². The van der Waals surface area contributed by atoms with E-state index in [2.05, 4.69) is 19.2 Å². The highest BCUT2D eigenvalue weighted by molar-refractivity contribution is 5.69. The molecule has 0 atom stereocenters. The summed E-state index contributed by atoms with van der Waals surface area (Å²) in [5.74, 6) is 0.913. The zero-order valence-corrected chi connectivity index (χ0v) is 12.5. The monoisotopic (exact) mass is 267 g/mol. The van der Waals surface area contributed by atoms with E-state index in [1.54, 1.807) is 0 Å². The fourth-order valence-electron chi connectivity index (χ4n) is 3.55. The third-order valence-electron chi connectivity index (χ3n) is 5.42. The van der Waals surface area contributed by atoms with Crippen LogP contribution in [0.15, 0.2) is 0 Å². The number of hydrogen-bond acceptors (Lipinski definition) is 2. The predicted octanol–water partition coefficient (Wildman–Crippen LogP) is 3.29. The molecule has 0 unspecified atom stereocenters. The van der Waals surface area contributed by atoms with Gasteiger partial charge in [0.15, 0.2) is 0 Å². The number of aliphatic carboxylic acids is 1. The number of nitrogens with one attached hydrogen (secondary N) is 1. The molecule has 0 bridgehead atoms. The van der Waals surface area contributed by atoms with Crippen LogP contribution in [0, 0.1) is 23.2 Å². The topological polar surface area (TPSA) is 49.3 Å². The van der Waals surface area contributed by atoms with Crippen molar-refractivity contribution in [3.8, 4) is 0 Å². The Hall–Kier alpha value is -0.570. The lowest BCUT2D eigenvalue weighted by Crippen LogP contribution is -2.40. The molecule has 0 aromatic rings. The molecule has 110 valence electrons. The molecule has 0 aliphatic heterocycles. The first kappa shape index (κ1) is 14.8. The molecule has 0 radical (unpaired) electrons. The van der Waals surface area contributed by atoms with Crippen LogP contribution in [0.2, 0.25) is 0 Å². The molecule has 3 nitrogen and oxygen atoms in total. The van der Waals surface area contributed by atoms with Crippen molar-refractivity contribution in [3.63, 3.8) is 0 Å². The van der Waals surface area contributed by atoms with Crippen LogP contribution in [0.25, 0.3) is 0 Å². The maximum absolute atomic E-state index is 10.9. The van der Waals surface area contributed by atoms with Crippen LogP contribution >= 0.6 is 0 Å². The first-order valence-electron chi connectivity index (χ1n) is 7.92. The van der Waals surface area contributed by atoms with Crippen LogP contribution in [0.3, 0.4) is 0 Å². The second-order valence-corrected chi connectivity index (χ2v) is 7.30. The van der Waals surface area contributed by atoms with Crippen LogP contribution in [0.4, 0.5) is 0 Å². The Morgan fingerprint density at radius 2 is 1.79 bits per heavy atom. The fourth-order valence-corrected chi connectivity index (χ4v) is 3.55. The molecule has 2 aliphatic rings. The summed E-state index contributed by atoms with van der Waals surface area (Å²) >= 11 is 0. The van der Waals surface area contributed by atoms with Gasteiger partial charge in [-0.15, -0.1) is 0 Å². The quantitative estimate of drug-likeness (QED) is 0.776. The SMILES string of the molecule is CC(C)(CNCC1CCC(C(=O)O)CC1)C1CCC1. The normalized spacial score (nSPS) is 28.9. The van der Waals surface area contributed by atoms with E-state index in [9.17, 15) is 4.79 Å². The van der Waals surface area contributed by atoms with E-state index < -0.39 is 5.97 Å². The van der Waals surface area contributed by atoms with Gasteiger partial charge in [-0.25, -0.2) is 0 Å². The highest BCUT2D eigenvalue weighted by Crippen LogP contribution is 2.41. The summed E-state index contributed by atoms with van der Waals surface area (Å²) in [6.07, 6.45) is 8.10. The van der Waals surface area contributed by atoms with Gasteiger partial charge >= 0.3 is 5.97 Å². The van der Waals surface area contributed by atoms with Crippen molar-refractivity contribution >= 4 is 5.97 Å². The van der Waals surface area contributed by atoms with Crippen molar-refractivity contribution in [2.75, 3.05) is 13.1 Å². The van der Waals surface area contributed by atoms with Gasteiger partial charge in [0.25, 0.3) is 0 Å². The molecular formula is C16H29NO2. The van der Waals surface area contributed by atoms with Crippen molar-refractivity contribution in [1.82, 2.24) is 5.32 Å². The largest absolute Gasteiger partial charge is 0.481 e. The lowest BCUT2D eigenvalue weighted by molar-refractivity contribution is -0.143. The summed E-state index contributed by atoms with van der Waals surface area (Å²) in [4.78, 5) is 10.9. The van der Waals surface area contributed by atoms with E-state index >= 15 is 0 Å². The number of carbonyl (C=O) groups is 1. The van der Waals surface area contributed by atoms with Gasteiger partial charge in [-0.05, 0) is 62.3 Å². The van der Waals surface area contributed by atoms with E-state index in [0.717, 1.165) is 44.7 Å². The van der Waals surface area contributed by atoms with Gasteiger partial charge in [-0.3, -0.25) is 4.79 Å². The van der Waals surface area contributed by atoms with E-state index in [0.29, 0.717) is 11.3 Å². The number of rotatable bonds is 6. The molecule has 2 rings (SSSR count). The molecule has 19 heavy (non-hydrogen) atoms. The minimum Gasteiger partial charge on any atom is -0.481 e. The minimum absolute atomic E-state index is 0.0809. The van der Waals surface area contributed by atoms with E-state index in [-0.39, 0.29) is 5.92 Å². The van der Waals surface area contributed by atoms with Gasteiger partial charge in [0.2, 0.25) is 0 Å². The number of carboxylic acid groups (broad SMARTS) is 1. The summed E-state index contributed by atoms with van der Waals surface area (Å²) in [6.45, 7) is 6.94. The summed E-state index contributed by atoms with van der Waals surface area (Å²) in [5.41, 5.74) is 0.427. The fraction of sp³-hybridized carbons (Fsp3) is 0.938. The molecule has 2 N–H and O–H groups in total. The second-order valence-electron chi connectivity index (χ2n) is 7.30. The molecule has 0 saturated heterocycles. The summed E-state index contributed by atoms with van der Waals surface area (Å²) < 4.78 is 0. The van der Waals surface area contributed by atoms with Gasteiger partial charge in [-0.1, -0.05) is 20.3 Å². The zero-order chi connectivity index (χ0) is 13.9. The molecule has 0 aromatic heterocycles. The molecule has 2 fully saturated rings. The average Bonchev–Trinajstić information content (AvgIpc) is 2.26. The highest BCUT2D eigenvalue weighted by Gasteiger charge is 2.33. The van der Waals surface area contributed by atoms with Crippen LogP contribution in [0.5, 0.6) is 0 Å². The van der Waals surface area contributed by atoms with Crippen molar-refractivity contribution in [2.45, 2.75) is 58.8 Å². The molecule has 2 aliphatic carbocycles. The average molecular weight is 267 g/mol. The first-order chi connectivity index (χ1) is 8.99. The standard InChI is InChI=1S/C16H29NO2/c1-16(2,14-4-3-5-14)11-17-10-12-6-8-13(9-7-12)15(18)19/h12-14,17H,3-11H2,1-2H3,(H,18,19). The Morgan fingerprint density at radius 3 is 2.26 bits per heavy atom. The molecule has 3 heteroatoms. The summed E-state index contributed by atoms with van der Waals surface area (Å²) in [7, 11) is 0. The predicted molar refractivity (Wildman–Crippen MR) is 77.1 cm³/mol.